The first-order valence-electron chi connectivity index (χ1n) is 14.4. The summed E-state index contributed by atoms with van der Waals surface area (Å²) in [6, 6.07) is 23.8. The molecule has 1 saturated heterocycles. The van der Waals surface area contributed by atoms with Gasteiger partial charge in [0.15, 0.2) is 9.84 Å². The van der Waals surface area contributed by atoms with E-state index in [0.29, 0.717) is 23.9 Å². The van der Waals surface area contributed by atoms with Gasteiger partial charge in [0.25, 0.3) is 0 Å². The smallest absolute Gasteiger partial charge is 0.491 e. The number of benzene rings is 4. The summed E-state index contributed by atoms with van der Waals surface area (Å²) in [7, 11) is -3.32. The Kier molecular flexibility index (Phi) is 9.14. The fraction of sp³-hybridized carbons (Fsp3) is 0.324. The summed E-state index contributed by atoms with van der Waals surface area (Å²) in [6.07, 6.45) is 5.04. The SMILES string of the molecule is CC(C)C(=[OH+])Oc1ccc2c(Oc3ccc(OCCN4CCCCC4)cc3)c(-c3ccc(S(C)(=O)=O)cc3)ccc2c1. The Labute approximate surface area is 247 Å². The summed E-state index contributed by atoms with van der Waals surface area (Å²) < 4.78 is 42.2. The molecule has 1 fully saturated rings. The van der Waals surface area contributed by atoms with Crippen molar-refractivity contribution in [1.29, 1.82) is 0 Å². The van der Waals surface area contributed by atoms with Crippen molar-refractivity contribution in [2.24, 2.45) is 5.92 Å². The van der Waals surface area contributed by atoms with Crippen molar-refractivity contribution < 1.29 is 27.4 Å². The molecule has 0 aliphatic carbocycles. The minimum atomic E-state index is -3.32. The van der Waals surface area contributed by atoms with E-state index >= 15 is 0 Å². The Hall–Kier alpha value is -3.88. The van der Waals surface area contributed by atoms with E-state index in [4.69, 9.17) is 14.2 Å². The minimum Gasteiger partial charge on any atom is -0.492 e. The molecule has 1 heterocycles. The van der Waals surface area contributed by atoms with Crippen LogP contribution in [0.5, 0.6) is 23.0 Å². The normalized spacial score (nSPS) is 14.2. The lowest BCUT2D eigenvalue weighted by atomic mass is 9.99. The highest BCUT2D eigenvalue weighted by Gasteiger charge is 2.21. The number of carbonyl (C=O) groups excluding carboxylic acids is 1. The number of hydrogen-bond acceptors (Lipinski definition) is 6. The molecule has 42 heavy (non-hydrogen) atoms. The highest BCUT2D eigenvalue weighted by molar-refractivity contribution is 7.90. The average molecular weight is 589 g/mol. The van der Waals surface area contributed by atoms with Gasteiger partial charge in [-0.1, -0.05) is 24.6 Å². The number of fused-ring (bicyclic) bond motifs is 1. The van der Waals surface area contributed by atoms with Crippen LogP contribution in [0.1, 0.15) is 33.1 Å². The molecule has 1 aliphatic heterocycles. The maximum atomic E-state index is 12.0. The third-order valence-corrected chi connectivity index (χ3v) is 8.55. The number of sulfone groups is 1. The molecule has 0 spiro atoms. The molecule has 8 heteroatoms. The number of nitrogens with zero attached hydrogens (tertiary/aromatic N) is 1. The second-order valence-electron chi connectivity index (χ2n) is 11.0. The van der Waals surface area contributed by atoms with Gasteiger partial charge in [0.2, 0.25) is 5.75 Å². The molecule has 0 saturated carbocycles. The van der Waals surface area contributed by atoms with Gasteiger partial charge in [-0.25, -0.2) is 8.42 Å². The summed E-state index contributed by atoms with van der Waals surface area (Å²) in [6.45, 7) is 7.57. The Morgan fingerprint density at radius 3 is 2.19 bits per heavy atom. The van der Waals surface area contributed by atoms with E-state index in [1.54, 1.807) is 30.3 Å². The number of likely N-dealkylation sites (tertiary alicyclic amines) is 1. The van der Waals surface area contributed by atoms with Crippen LogP contribution in [0.15, 0.2) is 83.8 Å². The quantitative estimate of drug-likeness (QED) is 0.112. The number of rotatable bonds is 10. The Balaban J connectivity index is 1.42. The van der Waals surface area contributed by atoms with Crippen LogP contribution >= 0.6 is 0 Å². The summed E-state index contributed by atoms with van der Waals surface area (Å²) >= 11 is 0. The Morgan fingerprint density at radius 2 is 1.52 bits per heavy atom. The van der Waals surface area contributed by atoms with Crippen LogP contribution in [0.25, 0.3) is 21.9 Å². The first-order valence-corrected chi connectivity index (χ1v) is 16.3. The molecule has 7 nitrogen and oxygen atoms in total. The standard InChI is InChI=1S/C34H37NO6S/c1-24(2)34(36)41-29-14-18-32-26(23-29)9-17-31(25-7-15-30(16-8-25)42(3,37)38)33(32)40-28-12-10-27(11-13-28)39-22-21-35-19-5-4-6-20-35/h7-18,23-24H,4-6,19-22H2,1-3H3/p+1. The molecule has 220 valence electrons. The van der Waals surface area contributed by atoms with Crippen LogP contribution in [0.3, 0.4) is 0 Å². The molecular formula is C34H38NO6S+. The van der Waals surface area contributed by atoms with Crippen LogP contribution in [-0.4, -0.2) is 56.6 Å². The van der Waals surface area contributed by atoms with Crippen molar-refractivity contribution in [3.05, 3.63) is 78.9 Å². The molecule has 0 atom stereocenters. The molecule has 4 aromatic carbocycles. The maximum absolute atomic E-state index is 12.0. The predicted molar refractivity (Wildman–Crippen MR) is 167 cm³/mol. The molecule has 1 aliphatic rings. The van der Waals surface area contributed by atoms with E-state index in [9.17, 15) is 13.2 Å². The minimum absolute atomic E-state index is 0.0494. The average Bonchev–Trinajstić information content (AvgIpc) is 2.98. The number of esters is 1. The number of piperidine rings is 1. The maximum Gasteiger partial charge on any atom is 0.491 e. The molecule has 5 rings (SSSR count). The van der Waals surface area contributed by atoms with Crippen molar-refractivity contribution in [2.45, 2.75) is 38.0 Å². The summed E-state index contributed by atoms with van der Waals surface area (Å²) in [4.78, 5) is 12.8. The molecule has 0 radical (unpaired) electrons. The summed E-state index contributed by atoms with van der Waals surface area (Å²) in [5, 5.41) is 1.71. The van der Waals surface area contributed by atoms with Gasteiger partial charge in [0.1, 0.15) is 29.8 Å². The zero-order valence-electron chi connectivity index (χ0n) is 24.4. The largest absolute Gasteiger partial charge is 0.492 e. The third-order valence-electron chi connectivity index (χ3n) is 7.42. The lowest BCUT2D eigenvalue weighted by molar-refractivity contribution is 0.183. The molecule has 0 aromatic heterocycles. The Morgan fingerprint density at radius 1 is 0.857 bits per heavy atom. The van der Waals surface area contributed by atoms with Gasteiger partial charge in [-0.05, 0) is 99.3 Å². The molecular weight excluding hydrogens is 550 g/mol. The van der Waals surface area contributed by atoms with E-state index in [1.165, 1.54) is 25.5 Å². The van der Waals surface area contributed by atoms with E-state index in [0.717, 1.165) is 47.3 Å². The Bertz CT molecular complexity index is 1640. The van der Waals surface area contributed by atoms with Crippen LogP contribution in [0, 0.1) is 5.92 Å². The van der Waals surface area contributed by atoms with Crippen LogP contribution in [-0.2, 0) is 9.84 Å². The van der Waals surface area contributed by atoms with Crippen molar-refractivity contribution in [3.8, 4) is 34.1 Å². The lowest BCUT2D eigenvalue weighted by Crippen LogP contribution is -2.33. The third kappa shape index (κ3) is 7.30. The van der Waals surface area contributed by atoms with Crippen LogP contribution in [0.2, 0.25) is 0 Å². The van der Waals surface area contributed by atoms with Gasteiger partial charge in [0, 0.05) is 35.9 Å². The predicted octanol–water partition coefficient (Wildman–Crippen LogP) is 7.10. The summed E-state index contributed by atoms with van der Waals surface area (Å²) in [5.74, 6) is 2.40. The van der Waals surface area contributed by atoms with Crippen molar-refractivity contribution in [2.75, 3.05) is 32.5 Å². The van der Waals surface area contributed by atoms with Gasteiger partial charge in [-0.3, -0.25) is 9.64 Å². The van der Waals surface area contributed by atoms with Crippen LogP contribution < -0.4 is 14.2 Å². The summed E-state index contributed by atoms with van der Waals surface area (Å²) in [5.41, 5.74) is 1.64. The molecule has 0 unspecified atom stereocenters. The molecule has 1 N–H and O–H groups in total. The second kappa shape index (κ2) is 13.0. The molecule has 0 bridgehead atoms. The van der Waals surface area contributed by atoms with E-state index < -0.39 is 9.84 Å². The van der Waals surface area contributed by atoms with Gasteiger partial charge < -0.3 is 14.3 Å². The molecule has 0 amide bonds. The second-order valence-corrected chi connectivity index (χ2v) is 13.1. The van der Waals surface area contributed by atoms with Crippen LogP contribution in [0.4, 0.5) is 0 Å². The van der Waals surface area contributed by atoms with Crippen molar-refractivity contribution in [1.82, 2.24) is 4.90 Å². The number of hydrogen-bond donors (Lipinski definition) is 0. The monoisotopic (exact) mass is 588 g/mol. The van der Waals surface area contributed by atoms with Gasteiger partial charge >= 0.3 is 5.97 Å². The molecule has 4 aromatic rings. The number of ether oxygens (including phenoxy) is 3. The fourth-order valence-electron chi connectivity index (χ4n) is 5.00. The zero-order chi connectivity index (χ0) is 29.7. The lowest BCUT2D eigenvalue weighted by Gasteiger charge is -2.26. The van der Waals surface area contributed by atoms with E-state index in [-0.39, 0.29) is 16.8 Å². The first kappa shape index (κ1) is 29.6. The van der Waals surface area contributed by atoms with E-state index in [2.05, 4.69) is 4.90 Å². The van der Waals surface area contributed by atoms with Gasteiger partial charge in [0.05, 0.1) is 4.90 Å². The van der Waals surface area contributed by atoms with Crippen molar-refractivity contribution >= 4 is 26.6 Å². The van der Waals surface area contributed by atoms with Gasteiger partial charge in [-0.2, -0.15) is 0 Å². The van der Waals surface area contributed by atoms with E-state index in [1.807, 2.05) is 62.4 Å². The zero-order valence-corrected chi connectivity index (χ0v) is 25.2. The first-order chi connectivity index (χ1) is 20.2. The van der Waals surface area contributed by atoms with Crippen molar-refractivity contribution in [3.63, 3.8) is 0 Å². The fourth-order valence-corrected chi connectivity index (χ4v) is 5.63. The topological polar surface area (TPSA) is 86.5 Å². The highest BCUT2D eigenvalue weighted by atomic mass is 32.2. The van der Waals surface area contributed by atoms with Gasteiger partial charge in [-0.15, -0.1) is 0 Å². The highest BCUT2D eigenvalue weighted by Crippen LogP contribution is 2.41.